The largest absolute Gasteiger partial charge is 2.00 e. The van der Waals surface area contributed by atoms with Gasteiger partial charge in [-0.05, 0) is 0 Å². The van der Waals surface area contributed by atoms with E-state index in [4.69, 9.17) is 34.4 Å². The van der Waals surface area contributed by atoms with Gasteiger partial charge in [-0.2, -0.15) is 0 Å². The fourth-order valence-electron chi connectivity index (χ4n) is 0. The molecule has 0 aromatic rings. The SMILES string of the molecule is NCCN.NCCN.NCCN.[Mo].[O-2].[O-2].[O-2].[O-2].[Zn+2]. The van der Waals surface area contributed by atoms with Crippen LogP contribution in [0.2, 0.25) is 0 Å². The fourth-order valence-corrected chi connectivity index (χ4v) is 0. The van der Waals surface area contributed by atoms with E-state index in [-0.39, 0.29) is 62.4 Å². The van der Waals surface area contributed by atoms with Crippen molar-refractivity contribution in [2.75, 3.05) is 39.3 Å². The zero-order valence-electron chi connectivity index (χ0n) is 10.5. The summed E-state index contributed by atoms with van der Waals surface area (Å²) in [5.41, 5.74) is 29.4. The molecule has 12 heteroatoms. The van der Waals surface area contributed by atoms with Crippen LogP contribution >= 0.6 is 0 Å². The summed E-state index contributed by atoms with van der Waals surface area (Å²) in [6.07, 6.45) is 0. The van der Waals surface area contributed by atoms with Gasteiger partial charge < -0.3 is 56.3 Å². The number of hydrogen-bond acceptors (Lipinski definition) is 6. The third kappa shape index (κ3) is 280. The Labute approximate surface area is 136 Å². The third-order valence-electron chi connectivity index (χ3n) is 0.500. The fraction of sp³-hybridized carbons (Fsp3) is 1.00. The molecule has 0 saturated carbocycles. The minimum absolute atomic E-state index is 0. The van der Waals surface area contributed by atoms with Crippen LogP contribution in [0.1, 0.15) is 0 Å². The summed E-state index contributed by atoms with van der Waals surface area (Å²) < 4.78 is 0. The van der Waals surface area contributed by atoms with Gasteiger partial charge in [-0.1, -0.05) is 0 Å². The second-order valence-corrected chi connectivity index (χ2v) is 1.73. The Morgan fingerprint density at radius 1 is 0.389 bits per heavy atom. The molecule has 0 atom stereocenters. The van der Waals surface area contributed by atoms with Gasteiger partial charge in [0.05, 0.1) is 0 Å². The Morgan fingerprint density at radius 2 is 0.444 bits per heavy atom. The molecule has 0 radical (unpaired) electrons. The van der Waals surface area contributed by atoms with Crippen LogP contribution in [0.25, 0.3) is 0 Å². The predicted molar refractivity (Wildman–Crippen MR) is 57.1 cm³/mol. The summed E-state index contributed by atoms with van der Waals surface area (Å²) in [5, 5.41) is 0. The van der Waals surface area contributed by atoms with Gasteiger partial charge >= 0.3 is 19.5 Å². The molecule has 10 nitrogen and oxygen atoms in total. The zero-order valence-corrected chi connectivity index (χ0v) is 15.4. The smallest absolute Gasteiger partial charge is 2.00 e. The van der Waals surface area contributed by atoms with Gasteiger partial charge in [0.15, 0.2) is 0 Å². The molecule has 0 heterocycles. The predicted octanol–water partition coefficient (Wildman–Crippen LogP) is -3.77. The maximum atomic E-state index is 4.90. The van der Waals surface area contributed by atoms with Crippen LogP contribution in [0, 0.1) is 0 Å². The van der Waals surface area contributed by atoms with E-state index in [1.165, 1.54) is 0 Å². The molecular formula is C6H24MoN6O4Zn-6. The Hall–Kier alpha value is 0.912. The molecule has 0 unspecified atom stereocenters. The van der Waals surface area contributed by atoms with Crippen molar-refractivity contribution in [2.45, 2.75) is 0 Å². The summed E-state index contributed by atoms with van der Waals surface area (Å²) in [6.45, 7) is 3.58. The van der Waals surface area contributed by atoms with Crippen molar-refractivity contribution in [3.8, 4) is 0 Å². The maximum Gasteiger partial charge on any atom is 2.00 e. The van der Waals surface area contributed by atoms with E-state index < -0.39 is 0 Å². The average molecular weight is 406 g/mol. The molecule has 0 spiro atoms. The molecule has 0 aromatic heterocycles. The Balaban J connectivity index is -0.00000000827. The van der Waals surface area contributed by atoms with Crippen LogP contribution in [-0.2, 0) is 62.4 Å². The Kier molecular flexibility index (Phi) is 368. The summed E-state index contributed by atoms with van der Waals surface area (Å²) >= 11 is 0. The Bertz CT molecular complexity index is 51.5. The summed E-state index contributed by atoms with van der Waals surface area (Å²) in [7, 11) is 0. The van der Waals surface area contributed by atoms with Crippen molar-refractivity contribution in [1.29, 1.82) is 0 Å². The normalized spacial score (nSPS) is 5.00. The molecule has 0 fully saturated rings. The number of hydrogen-bond donors (Lipinski definition) is 6. The van der Waals surface area contributed by atoms with Crippen molar-refractivity contribution in [3.63, 3.8) is 0 Å². The van der Waals surface area contributed by atoms with Gasteiger partial charge in [0.2, 0.25) is 0 Å². The number of nitrogens with two attached hydrogens (primary N) is 6. The molecular weight excluding hydrogens is 381 g/mol. The van der Waals surface area contributed by atoms with Gasteiger partial charge in [-0.3, -0.25) is 0 Å². The van der Waals surface area contributed by atoms with Crippen molar-refractivity contribution in [3.05, 3.63) is 0 Å². The maximum absolute atomic E-state index is 4.90. The van der Waals surface area contributed by atoms with E-state index in [0.717, 1.165) is 0 Å². The van der Waals surface area contributed by atoms with Gasteiger partial charge in [0.1, 0.15) is 0 Å². The van der Waals surface area contributed by atoms with Crippen LogP contribution in [-0.4, -0.2) is 39.3 Å². The minimum Gasteiger partial charge on any atom is -2.00 e. The van der Waals surface area contributed by atoms with Crippen LogP contribution in [0.5, 0.6) is 0 Å². The monoisotopic (exact) mass is 406 g/mol. The molecule has 0 saturated heterocycles. The molecule has 0 rings (SSSR count). The van der Waals surface area contributed by atoms with Crippen molar-refractivity contribution in [2.24, 2.45) is 34.4 Å². The van der Waals surface area contributed by atoms with Gasteiger partial charge in [-0.15, -0.1) is 0 Å². The van der Waals surface area contributed by atoms with E-state index in [1.54, 1.807) is 0 Å². The summed E-state index contributed by atoms with van der Waals surface area (Å²) in [6, 6.07) is 0. The second kappa shape index (κ2) is 107. The first kappa shape index (κ1) is 61.8. The first-order valence-corrected chi connectivity index (χ1v) is 3.95. The third-order valence-corrected chi connectivity index (χ3v) is 0.500. The molecule has 0 amide bonds. The average Bonchev–Trinajstić information content (AvgIpc) is 2.18. The standard InChI is InChI=1S/3C2H8N2.Mo.4O.Zn/c3*3-1-2-4;;;;;;/h3*1-4H2;;;;;;/q;;;;4*-2;+2. The molecule has 0 aliphatic rings. The van der Waals surface area contributed by atoms with Gasteiger partial charge in [0.25, 0.3) is 0 Å². The molecule has 0 aliphatic carbocycles. The zero-order chi connectivity index (χ0) is 10.2. The summed E-state index contributed by atoms with van der Waals surface area (Å²) in [5.74, 6) is 0. The topological polar surface area (TPSA) is 270 Å². The van der Waals surface area contributed by atoms with Crippen molar-refractivity contribution >= 4 is 0 Å². The summed E-state index contributed by atoms with van der Waals surface area (Å²) in [4.78, 5) is 0. The molecule has 0 aromatic carbocycles. The van der Waals surface area contributed by atoms with E-state index in [1.807, 2.05) is 0 Å². The second-order valence-electron chi connectivity index (χ2n) is 1.73. The van der Waals surface area contributed by atoms with Crippen LogP contribution in [0.3, 0.4) is 0 Å². The van der Waals surface area contributed by atoms with Crippen molar-refractivity contribution in [1.82, 2.24) is 0 Å². The van der Waals surface area contributed by atoms with Gasteiger partial charge in [0, 0.05) is 60.3 Å². The van der Waals surface area contributed by atoms with E-state index in [0.29, 0.717) is 39.3 Å². The van der Waals surface area contributed by atoms with E-state index in [2.05, 4.69) is 0 Å². The molecule has 12 N–H and O–H groups in total. The quantitative estimate of drug-likeness (QED) is 0.256. The van der Waals surface area contributed by atoms with Crippen LogP contribution in [0.4, 0.5) is 0 Å². The molecule has 0 aliphatic heterocycles. The van der Waals surface area contributed by atoms with E-state index >= 15 is 0 Å². The van der Waals surface area contributed by atoms with E-state index in [9.17, 15) is 0 Å². The van der Waals surface area contributed by atoms with Crippen molar-refractivity contribution < 1.29 is 62.4 Å². The van der Waals surface area contributed by atoms with Crippen LogP contribution in [0.15, 0.2) is 0 Å². The first-order chi connectivity index (χ1) is 5.74. The number of rotatable bonds is 3. The molecule has 0 bridgehead atoms. The minimum atomic E-state index is 0. The molecule has 18 heavy (non-hydrogen) atoms. The Morgan fingerprint density at radius 3 is 0.444 bits per heavy atom. The van der Waals surface area contributed by atoms with Crippen LogP contribution < -0.4 is 34.4 Å². The first-order valence-electron chi connectivity index (χ1n) is 3.95. The van der Waals surface area contributed by atoms with Gasteiger partial charge in [-0.25, -0.2) is 0 Å². The molecule has 116 valence electrons.